The third kappa shape index (κ3) is 3.83. The number of para-hydroxylation sites is 2. The van der Waals surface area contributed by atoms with Gasteiger partial charge in [-0.1, -0.05) is 12.1 Å². The summed E-state index contributed by atoms with van der Waals surface area (Å²) in [6.07, 6.45) is 2.55. The van der Waals surface area contributed by atoms with Gasteiger partial charge in [-0.15, -0.1) is 0 Å². The Kier molecular flexibility index (Phi) is 4.70. The van der Waals surface area contributed by atoms with Crippen LogP contribution in [0.2, 0.25) is 0 Å². The minimum Gasteiger partial charge on any atom is -0.277 e. The fourth-order valence-electron chi connectivity index (χ4n) is 2.82. The van der Waals surface area contributed by atoms with Crippen molar-refractivity contribution in [3.63, 3.8) is 0 Å². The summed E-state index contributed by atoms with van der Waals surface area (Å²) < 4.78 is 66.8. The van der Waals surface area contributed by atoms with E-state index in [9.17, 15) is 21.2 Å². The predicted octanol–water partition coefficient (Wildman–Crippen LogP) is 2.86. The Morgan fingerprint density at radius 1 is 1.08 bits per heavy atom. The fraction of sp³-hybridized carbons (Fsp3) is 0.294. The molecule has 6 nitrogen and oxygen atoms in total. The molecule has 0 radical (unpaired) electrons. The molecule has 0 unspecified atom stereocenters. The minimum atomic E-state index is -4.01. The highest BCUT2D eigenvalue weighted by Gasteiger charge is 2.36. The number of nitrogens with one attached hydrogen (secondary N) is 1. The van der Waals surface area contributed by atoms with Crippen LogP contribution in [0.3, 0.4) is 0 Å². The van der Waals surface area contributed by atoms with E-state index < -0.39 is 25.9 Å². The fourth-order valence-corrected chi connectivity index (χ4v) is 5.39. The van der Waals surface area contributed by atoms with Crippen molar-refractivity contribution in [2.45, 2.75) is 30.7 Å². The Bertz CT molecular complexity index is 1050. The summed E-state index contributed by atoms with van der Waals surface area (Å²) in [5.74, 6) is -0.529. The van der Waals surface area contributed by atoms with Gasteiger partial charge >= 0.3 is 0 Å². The first kappa shape index (κ1) is 18.7. The highest BCUT2D eigenvalue weighted by atomic mass is 32.2. The van der Waals surface area contributed by atoms with Crippen LogP contribution >= 0.6 is 0 Å². The number of halogens is 1. The molecule has 0 aliphatic heterocycles. The molecule has 9 heteroatoms. The van der Waals surface area contributed by atoms with Gasteiger partial charge in [0, 0.05) is 6.04 Å². The Morgan fingerprint density at radius 2 is 1.73 bits per heavy atom. The molecule has 0 saturated heterocycles. The molecule has 0 spiro atoms. The largest absolute Gasteiger partial charge is 0.277 e. The molecule has 1 saturated carbocycles. The smallest absolute Gasteiger partial charge is 0.262 e. The van der Waals surface area contributed by atoms with Crippen molar-refractivity contribution in [1.29, 1.82) is 0 Å². The van der Waals surface area contributed by atoms with Gasteiger partial charge in [0.2, 0.25) is 10.0 Å². The SMILES string of the molecule is Cc1cc(F)ccc1S(=O)(=O)Nc1ccccc1N(C1CC1)S(C)(=O)=O. The van der Waals surface area contributed by atoms with Gasteiger partial charge in [0.05, 0.1) is 22.5 Å². The molecule has 0 heterocycles. The summed E-state index contributed by atoms with van der Waals surface area (Å²) in [7, 11) is -7.57. The maximum atomic E-state index is 13.3. The van der Waals surface area contributed by atoms with Crippen molar-refractivity contribution < 1.29 is 21.2 Å². The zero-order valence-electron chi connectivity index (χ0n) is 14.3. The Balaban J connectivity index is 2.03. The average Bonchev–Trinajstić information content (AvgIpc) is 3.31. The summed E-state index contributed by atoms with van der Waals surface area (Å²) in [4.78, 5) is -0.0639. The predicted molar refractivity (Wildman–Crippen MR) is 98.7 cm³/mol. The van der Waals surface area contributed by atoms with Crippen molar-refractivity contribution in [3.8, 4) is 0 Å². The van der Waals surface area contributed by atoms with Crippen LogP contribution in [0.1, 0.15) is 18.4 Å². The van der Waals surface area contributed by atoms with E-state index in [1.165, 1.54) is 23.4 Å². The molecule has 2 aromatic carbocycles. The van der Waals surface area contributed by atoms with E-state index in [0.29, 0.717) is 0 Å². The Hall–Kier alpha value is -2.13. The van der Waals surface area contributed by atoms with E-state index in [2.05, 4.69) is 4.72 Å². The molecule has 1 fully saturated rings. The van der Waals surface area contributed by atoms with Crippen LogP contribution in [-0.4, -0.2) is 29.1 Å². The highest BCUT2D eigenvalue weighted by molar-refractivity contribution is 7.93. The molecule has 1 aliphatic rings. The highest BCUT2D eigenvalue weighted by Crippen LogP contribution is 2.38. The lowest BCUT2D eigenvalue weighted by atomic mass is 10.2. The van der Waals surface area contributed by atoms with Crippen LogP contribution in [0.4, 0.5) is 15.8 Å². The summed E-state index contributed by atoms with van der Waals surface area (Å²) in [5.41, 5.74) is 0.700. The number of benzene rings is 2. The van der Waals surface area contributed by atoms with Crippen LogP contribution in [0.15, 0.2) is 47.4 Å². The maximum absolute atomic E-state index is 13.3. The van der Waals surface area contributed by atoms with Gasteiger partial charge in [0.1, 0.15) is 5.82 Å². The Morgan fingerprint density at radius 3 is 2.31 bits per heavy atom. The molecular formula is C17H19FN2O4S2. The van der Waals surface area contributed by atoms with E-state index in [0.717, 1.165) is 31.2 Å². The number of hydrogen-bond donors (Lipinski definition) is 1. The van der Waals surface area contributed by atoms with Crippen molar-refractivity contribution in [1.82, 2.24) is 0 Å². The van der Waals surface area contributed by atoms with E-state index in [1.54, 1.807) is 18.2 Å². The number of hydrogen-bond acceptors (Lipinski definition) is 4. The second-order valence-corrected chi connectivity index (χ2v) is 9.83. The van der Waals surface area contributed by atoms with Crippen LogP contribution < -0.4 is 9.03 Å². The van der Waals surface area contributed by atoms with E-state index in [1.807, 2.05) is 0 Å². The lowest BCUT2D eigenvalue weighted by Crippen LogP contribution is -2.33. The van der Waals surface area contributed by atoms with Crippen molar-refractivity contribution in [2.24, 2.45) is 0 Å². The maximum Gasteiger partial charge on any atom is 0.262 e. The van der Waals surface area contributed by atoms with E-state index >= 15 is 0 Å². The summed E-state index contributed by atoms with van der Waals surface area (Å²) >= 11 is 0. The number of sulfonamides is 2. The molecule has 2 aromatic rings. The minimum absolute atomic E-state index is 0.0639. The molecule has 140 valence electrons. The van der Waals surface area contributed by atoms with Gasteiger partial charge in [-0.2, -0.15) is 0 Å². The van der Waals surface area contributed by atoms with Crippen LogP contribution in [0.25, 0.3) is 0 Å². The summed E-state index contributed by atoms with van der Waals surface area (Å²) in [6, 6.07) is 9.56. The molecule has 0 aromatic heterocycles. The molecule has 0 bridgehead atoms. The first-order valence-corrected chi connectivity index (χ1v) is 11.3. The third-order valence-corrected chi connectivity index (χ3v) is 6.78. The molecular weight excluding hydrogens is 379 g/mol. The quantitative estimate of drug-likeness (QED) is 0.811. The number of rotatable bonds is 6. The van der Waals surface area contributed by atoms with Crippen molar-refractivity contribution >= 4 is 31.4 Å². The molecule has 3 rings (SSSR count). The average molecular weight is 398 g/mol. The second kappa shape index (κ2) is 6.55. The number of anilines is 2. The van der Waals surface area contributed by atoms with E-state index in [-0.39, 0.29) is 27.9 Å². The van der Waals surface area contributed by atoms with Gasteiger partial charge in [-0.25, -0.2) is 21.2 Å². The molecule has 26 heavy (non-hydrogen) atoms. The first-order valence-electron chi connectivity index (χ1n) is 7.97. The normalized spacial score (nSPS) is 14.9. The van der Waals surface area contributed by atoms with Crippen LogP contribution in [-0.2, 0) is 20.0 Å². The van der Waals surface area contributed by atoms with Crippen LogP contribution in [0.5, 0.6) is 0 Å². The van der Waals surface area contributed by atoms with Gasteiger partial charge in [0.25, 0.3) is 10.0 Å². The standard InChI is InChI=1S/C17H19FN2O4S2/c1-12-11-13(18)7-10-17(12)26(23,24)19-15-5-3-4-6-16(15)20(14-8-9-14)25(2,21)22/h3-7,10-11,14,19H,8-9H2,1-2H3. The first-order chi connectivity index (χ1) is 12.1. The molecule has 1 N–H and O–H groups in total. The van der Waals surface area contributed by atoms with E-state index in [4.69, 9.17) is 0 Å². The van der Waals surface area contributed by atoms with Gasteiger partial charge in [0.15, 0.2) is 0 Å². The molecule has 0 atom stereocenters. The summed E-state index contributed by atoms with van der Waals surface area (Å²) in [5, 5.41) is 0. The second-order valence-electron chi connectivity index (χ2n) is 6.32. The molecule has 0 amide bonds. The zero-order chi connectivity index (χ0) is 19.1. The topological polar surface area (TPSA) is 83.6 Å². The van der Waals surface area contributed by atoms with Crippen molar-refractivity contribution in [2.75, 3.05) is 15.3 Å². The van der Waals surface area contributed by atoms with Gasteiger partial charge in [-0.05, 0) is 55.7 Å². The Labute approximate surface area is 152 Å². The molecule has 1 aliphatic carbocycles. The third-order valence-electron chi connectivity index (χ3n) is 4.05. The summed E-state index contributed by atoms with van der Waals surface area (Å²) in [6.45, 7) is 1.50. The monoisotopic (exact) mass is 398 g/mol. The lowest BCUT2D eigenvalue weighted by Gasteiger charge is -2.25. The number of aryl methyl sites for hydroxylation is 1. The van der Waals surface area contributed by atoms with Crippen molar-refractivity contribution in [3.05, 3.63) is 53.8 Å². The number of nitrogens with zero attached hydrogens (tertiary/aromatic N) is 1. The van der Waals surface area contributed by atoms with Gasteiger partial charge < -0.3 is 0 Å². The zero-order valence-corrected chi connectivity index (χ0v) is 15.9. The van der Waals surface area contributed by atoms with Crippen LogP contribution in [0, 0.1) is 12.7 Å². The lowest BCUT2D eigenvalue weighted by molar-refractivity contribution is 0.594. The van der Waals surface area contributed by atoms with Gasteiger partial charge in [-0.3, -0.25) is 9.03 Å².